The lowest BCUT2D eigenvalue weighted by Gasteiger charge is -2.35. The van der Waals surface area contributed by atoms with E-state index in [1.54, 1.807) is 0 Å². The second-order valence-electron chi connectivity index (χ2n) is 8.04. The van der Waals surface area contributed by atoms with E-state index in [1.807, 2.05) is 43.0 Å². The second kappa shape index (κ2) is 7.36. The molecule has 1 aliphatic heterocycles. The molecule has 0 bridgehead atoms. The van der Waals surface area contributed by atoms with E-state index in [4.69, 9.17) is 11.6 Å². The number of nitrogens with one attached hydrogen (secondary N) is 1. The van der Waals surface area contributed by atoms with E-state index in [0.717, 1.165) is 42.8 Å². The number of rotatable bonds is 5. The molecular formula is C20H27ClN2O2. The van der Waals surface area contributed by atoms with Crippen LogP contribution in [0.5, 0.6) is 0 Å². The zero-order valence-electron chi connectivity index (χ0n) is 15.1. The number of halogens is 1. The van der Waals surface area contributed by atoms with Crippen molar-refractivity contribution in [3.05, 3.63) is 34.9 Å². The largest absolute Gasteiger partial charge is 0.351 e. The smallest absolute Gasteiger partial charge is 0.225 e. The number of hydrogen-bond acceptors (Lipinski definition) is 2. The molecule has 1 saturated heterocycles. The van der Waals surface area contributed by atoms with Crippen LogP contribution in [0.25, 0.3) is 0 Å². The van der Waals surface area contributed by atoms with E-state index in [1.165, 1.54) is 0 Å². The van der Waals surface area contributed by atoms with Gasteiger partial charge in [0.2, 0.25) is 11.8 Å². The van der Waals surface area contributed by atoms with E-state index < -0.39 is 0 Å². The van der Waals surface area contributed by atoms with Crippen LogP contribution in [0.2, 0.25) is 5.02 Å². The van der Waals surface area contributed by atoms with Crippen molar-refractivity contribution in [1.29, 1.82) is 0 Å². The first-order valence-corrected chi connectivity index (χ1v) is 9.58. The summed E-state index contributed by atoms with van der Waals surface area (Å²) in [7, 11) is 0. The zero-order valence-corrected chi connectivity index (χ0v) is 15.8. The number of carbonyl (C=O) groups excluding carboxylic acids is 2. The molecule has 1 atom stereocenters. The molecular weight excluding hydrogens is 336 g/mol. The molecule has 0 radical (unpaired) electrons. The van der Waals surface area contributed by atoms with Crippen molar-refractivity contribution in [3.8, 4) is 0 Å². The molecule has 2 fully saturated rings. The number of nitrogens with zero attached hydrogens (tertiary/aromatic N) is 1. The molecule has 25 heavy (non-hydrogen) atoms. The fourth-order valence-electron chi connectivity index (χ4n) is 3.58. The van der Waals surface area contributed by atoms with E-state index in [-0.39, 0.29) is 29.2 Å². The monoisotopic (exact) mass is 362 g/mol. The van der Waals surface area contributed by atoms with Crippen molar-refractivity contribution in [1.82, 2.24) is 10.2 Å². The maximum atomic E-state index is 12.8. The summed E-state index contributed by atoms with van der Waals surface area (Å²) in [5, 5.41) is 3.90. The summed E-state index contributed by atoms with van der Waals surface area (Å²) in [5.74, 6) is 0.402. The Kier molecular flexibility index (Phi) is 5.38. The van der Waals surface area contributed by atoms with E-state index in [0.29, 0.717) is 13.0 Å². The van der Waals surface area contributed by atoms with Gasteiger partial charge in [-0.25, -0.2) is 0 Å². The molecule has 1 aromatic rings. The molecule has 2 amide bonds. The third kappa shape index (κ3) is 4.75. The van der Waals surface area contributed by atoms with Crippen LogP contribution in [0.3, 0.4) is 0 Å². The summed E-state index contributed by atoms with van der Waals surface area (Å²) in [6.07, 6.45) is 4.45. The normalized spacial score (nSPS) is 21.1. The first kappa shape index (κ1) is 18.2. The Bertz CT molecular complexity index is 655. The first-order valence-electron chi connectivity index (χ1n) is 9.20. The van der Waals surface area contributed by atoms with Crippen molar-refractivity contribution in [2.24, 2.45) is 11.8 Å². The summed E-state index contributed by atoms with van der Waals surface area (Å²) in [5.41, 5.74) is 0.647. The van der Waals surface area contributed by atoms with Crippen LogP contribution in [0, 0.1) is 11.8 Å². The highest BCUT2D eigenvalue weighted by Crippen LogP contribution is 2.32. The van der Waals surface area contributed by atoms with Crippen LogP contribution in [-0.2, 0) is 16.0 Å². The van der Waals surface area contributed by atoms with Crippen molar-refractivity contribution in [2.45, 2.75) is 51.5 Å². The lowest BCUT2D eigenvalue weighted by molar-refractivity contribution is -0.137. The number of benzene rings is 1. The molecule has 4 nitrogen and oxygen atoms in total. The van der Waals surface area contributed by atoms with Gasteiger partial charge in [-0.15, -0.1) is 0 Å². The zero-order chi connectivity index (χ0) is 18.0. The molecule has 0 aromatic heterocycles. The minimum atomic E-state index is -0.384. The lowest BCUT2D eigenvalue weighted by Crippen LogP contribution is -2.52. The van der Waals surface area contributed by atoms with Crippen LogP contribution >= 0.6 is 11.6 Å². The molecule has 1 unspecified atom stereocenters. The van der Waals surface area contributed by atoms with Gasteiger partial charge in [-0.2, -0.15) is 0 Å². The maximum Gasteiger partial charge on any atom is 0.225 e. The molecule has 1 aliphatic carbocycles. The minimum Gasteiger partial charge on any atom is -0.351 e. The van der Waals surface area contributed by atoms with Crippen LogP contribution in [0.4, 0.5) is 0 Å². The number of piperidine rings is 1. The van der Waals surface area contributed by atoms with E-state index in [9.17, 15) is 9.59 Å². The Morgan fingerprint density at radius 3 is 2.60 bits per heavy atom. The van der Waals surface area contributed by atoms with Crippen molar-refractivity contribution in [2.75, 3.05) is 13.1 Å². The van der Waals surface area contributed by atoms with Gasteiger partial charge in [-0.05, 0) is 57.6 Å². The second-order valence-corrected chi connectivity index (χ2v) is 8.45. The lowest BCUT2D eigenvalue weighted by atomic mass is 9.91. The summed E-state index contributed by atoms with van der Waals surface area (Å²) >= 11 is 6.25. The SMILES string of the molecule is CC(C)(Cc1ccccc1Cl)NC(=O)C1CCCN(C(=O)C2CC2)C1. The standard InChI is InChI=1S/C20H27ClN2O2/c1-20(2,12-15-6-3-4-8-17(15)21)22-18(24)16-7-5-11-23(13-16)19(25)14-9-10-14/h3-4,6,8,14,16H,5,7,9-13H2,1-2H3,(H,22,24). The predicted octanol–water partition coefficient (Wildman–Crippen LogP) is 3.43. The van der Waals surface area contributed by atoms with Crippen LogP contribution in [-0.4, -0.2) is 35.3 Å². The Morgan fingerprint density at radius 2 is 1.92 bits per heavy atom. The average Bonchev–Trinajstić information content (AvgIpc) is 3.41. The van der Waals surface area contributed by atoms with Crippen molar-refractivity contribution >= 4 is 23.4 Å². The Labute approximate surface area is 154 Å². The fraction of sp³-hybridized carbons (Fsp3) is 0.600. The third-order valence-electron chi connectivity index (χ3n) is 5.08. The molecule has 5 heteroatoms. The number of hydrogen-bond donors (Lipinski definition) is 1. The number of amides is 2. The summed E-state index contributed by atoms with van der Waals surface area (Å²) < 4.78 is 0. The van der Waals surface area contributed by atoms with Crippen LogP contribution in [0.1, 0.15) is 45.1 Å². The van der Waals surface area contributed by atoms with Gasteiger partial charge >= 0.3 is 0 Å². The molecule has 1 aromatic carbocycles. The molecule has 136 valence electrons. The highest BCUT2D eigenvalue weighted by atomic mass is 35.5. The molecule has 0 spiro atoms. The highest BCUT2D eigenvalue weighted by Gasteiger charge is 2.37. The van der Waals surface area contributed by atoms with Gasteiger partial charge in [0, 0.05) is 29.6 Å². The molecule has 1 saturated carbocycles. The van der Waals surface area contributed by atoms with Gasteiger partial charge in [0.25, 0.3) is 0 Å². The topological polar surface area (TPSA) is 49.4 Å². The third-order valence-corrected chi connectivity index (χ3v) is 5.45. The minimum absolute atomic E-state index is 0.0466. The van der Waals surface area contributed by atoms with Gasteiger partial charge in [-0.1, -0.05) is 29.8 Å². The van der Waals surface area contributed by atoms with Crippen LogP contribution < -0.4 is 5.32 Å². The van der Waals surface area contributed by atoms with Gasteiger partial charge in [0.1, 0.15) is 0 Å². The highest BCUT2D eigenvalue weighted by molar-refractivity contribution is 6.31. The summed E-state index contributed by atoms with van der Waals surface area (Å²) in [4.78, 5) is 26.9. The molecule has 1 N–H and O–H groups in total. The quantitative estimate of drug-likeness (QED) is 0.872. The predicted molar refractivity (Wildman–Crippen MR) is 99.4 cm³/mol. The van der Waals surface area contributed by atoms with Gasteiger partial charge in [-0.3, -0.25) is 9.59 Å². The van der Waals surface area contributed by atoms with Crippen molar-refractivity contribution < 1.29 is 9.59 Å². The van der Waals surface area contributed by atoms with Gasteiger partial charge in [0.05, 0.1) is 5.92 Å². The summed E-state index contributed by atoms with van der Waals surface area (Å²) in [6.45, 7) is 5.39. The Morgan fingerprint density at radius 1 is 1.20 bits per heavy atom. The van der Waals surface area contributed by atoms with Crippen molar-refractivity contribution in [3.63, 3.8) is 0 Å². The number of carbonyl (C=O) groups is 2. The first-order chi connectivity index (χ1) is 11.9. The van der Waals surface area contributed by atoms with E-state index >= 15 is 0 Å². The Balaban J connectivity index is 1.58. The molecule has 2 aliphatic rings. The maximum absolute atomic E-state index is 12.8. The molecule has 3 rings (SSSR count). The van der Waals surface area contributed by atoms with Gasteiger partial charge < -0.3 is 10.2 Å². The summed E-state index contributed by atoms with van der Waals surface area (Å²) in [6, 6.07) is 7.73. The Hall–Kier alpha value is -1.55. The molecule has 1 heterocycles. The van der Waals surface area contributed by atoms with Gasteiger partial charge in [0.15, 0.2) is 0 Å². The average molecular weight is 363 g/mol. The van der Waals surface area contributed by atoms with E-state index in [2.05, 4.69) is 5.32 Å². The number of likely N-dealkylation sites (tertiary alicyclic amines) is 1. The fourth-order valence-corrected chi connectivity index (χ4v) is 3.78. The van der Waals surface area contributed by atoms with Crippen LogP contribution in [0.15, 0.2) is 24.3 Å².